The number of piperidine rings is 1. The summed E-state index contributed by atoms with van der Waals surface area (Å²) in [5.41, 5.74) is 5.11. The van der Waals surface area contributed by atoms with Crippen molar-refractivity contribution in [3.05, 3.63) is 59.4 Å². The molecule has 2 saturated heterocycles. The Bertz CT molecular complexity index is 1270. The molecule has 0 radical (unpaired) electrons. The van der Waals surface area contributed by atoms with Crippen LogP contribution in [0.4, 0.5) is 0 Å². The molecule has 1 unspecified atom stereocenters. The number of aromatic nitrogens is 2. The predicted octanol–water partition coefficient (Wildman–Crippen LogP) is 5.16. The van der Waals surface area contributed by atoms with Crippen molar-refractivity contribution in [1.29, 1.82) is 0 Å². The number of ether oxygens (including phenoxy) is 1. The highest BCUT2D eigenvalue weighted by Crippen LogP contribution is 2.39. The molecule has 5 rings (SSSR count). The Hall–Kier alpha value is -2.45. The first kappa shape index (κ1) is 29.1. The topological polar surface area (TPSA) is 48.8 Å². The van der Waals surface area contributed by atoms with E-state index in [1.54, 1.807) is 7.11 Å². The molecular weight excluding hydrogens is 496 g/mol. The molecule has 0 aliphatic carbocycles. The normalized spacial score (nSPS) is 23.1. The average Bonchev–Trinajstić information content (AvgIpc) is 3.26. The van der Waals surface area contributed by atoms with Gasteiger partial charge in [0.05, 0.1) is 24.2 Å². The van der Waals surface area contributed by atoms with E-state index in [1.165, 1.54) is 22.5 Å². The quantitative estimate of drug-likeness (QED) is 0.400. The van der Waals surface area contributed by atoms with E-state index in [1.807, 2.05) is 6.07 Å². The zero-order valence-corrected chi connectivity index (χ0v) is 25.8. The van der Waals surface area contributed by atoms with Crippen LogP contribution in [0.25, 0.3) is 11.0 Å². The van der Waals surface area contributed by atoms with Gasteiger partial charge in [0.1, 0.15) is 11.6 Å². The van der Waals surface area contributed by atoms with E-state index in [0.717, 1.165) is 69.7 Å². The number of nitrogens with zero attached hydrogens (tertiary/aromatic N) is 5. The Morgan fingerprint density at radius 2 is 1.80 bits per heavy atom. The predicted molar refractivity (Wildman–Crippen MR) is 165 cm³/mol. The third-order valence-electron chi connectivity index (χ3n) is 9.42. The number of imidazole rings is 1. The Labute approximate surface area is 241 Å². The fraction of sp³-hybridized carbons (Fsp3) is 0.606. The maximum absolute atomic E-state index is 5.55. The maximum atomic E-state index is 5.55. The molecule has 2 aliphatic heterocycles. The lowest BCUT2D eigenvalue weighted by atomic mass is 9.79. The lowest BCUT2D eigenvalue weighted by Gasteiger charge is -2.46. The summed E-state index contributed by atoms with van der Waals surface area (Å²) < 4.78 is 7.89. The average molecular weight is 547 g/mol. The van der Waals surface area contributed by atoms with Crippen LogP contribution in [0.1, 0.15) is 69.4 Å². The first-order valence-corrected chi connectivity index (χ1v) is 15.2. The van der Waals surface area contributed by atoms with Gasteiger partial charge in [0, 0.05) is 57.4 Å². The van der Waals surface area contributed by atoms with Gasteiger partial charge >= 0.3 is 0 Å². The van der Waals surface area contributed by atoms with Gasteiger partial charge < -0.3 is 14.6 Å². The highest BCUT2D eigenvalue weighted by molar-refractivity contribution is 5.77. The fourth-order valence-corrected chi connectivity index (χ4v) is 7.28. The molecule has 3 atom stereocenters. The summed E-state index contributed by atoms with van der Waals surface area (Å²) in [4.78, 5) is 13.0. The SMILES string of the molecule is CCCC(c1nc2cc(CN3CCC(c4cccc(OC)c4)(N(C)C)CC3)ccc2n1C)N1C[C@@H](C)N[C@@H](C)C1. The number of likely N-dealkylation sites (tertiary alicyclic amines) is 1. The molecule has 0 amide bonds. The minimum Gasteiger partial charge on any atom is -0.497 e. The van der Waals surface area contributed by atoms with Gasteiger partial charge in [-0.1, -0.05) is 31.5 Å². The zero-order chi connectivity index (χ0) is 28.4. The van der Waals surface area contributed by atoms with Crippen molar-refractivity contribution < 1.29 is 4.74 Å². The van der Waals surface area contributed by atoms with E-state index in [0.29, 0.717) is 18.1 Å². The van der Waals surface area contributed by atoms with Crippen molar-refractivity contribution in [2.24, 2.45) is 7.05 Å². The Kier molecular flexibility index (Phi) is 8.86. The molecule has 0 spiro atoms. The third kappa shape index (κ3) is 5.80. The van der Waals surface area contributed by atoms with E-state index in [-0.39, 0.29) is 5.54 Å². The first-order valence-electron chi connectivity index (χ1n) is 15.2. The minimum atomic E-state index is 0.0398. The van der Waals surface area contributed by atoms with Crippen molar-refractivity contribution in [2.75, 3.05) is 47.4 Å². The van der Waals surface area contributed by atoms with Crippen LogP contribution in [0.3, 0.4) is 0 Å². The highest BCUT2D eigenvalue weighted by Gasteiger charge is 2.38. The summed E-state index contributed by atoms with van der Waals surface area (Å²) in [6.07, 6.45) is 4.50. The number of piperazine rings is 1. The number of hydrogen-bond donors (Lipinski definition) is 1. The van der Waals surface area contributed by atoms with Gasteiger partial charge in [0.25, 0.3) is 0 Å². The molecule has 0 saturated carbocycles. The van der Waals surface area contributed by atoms with Crippen LogP contribution >= 0.6 is 0 Å². The Balaban J connectivity index is 1.32. The van der Waals surface area contributed by atoms with Crippen molar-refractivity contribution >= 4 is 11.0 Å². The Morgan fingerprint density at radius 1 is 1.07 bits per heavy atom. The van der Waals surface area contributed by atoms with Crippen molar-refractivity contribution in [1.82, 2.24) is 29.6 Å². The standard InChI is InChI=1S/C33H50N6O/c1-8-10-31(39-21-24(2)34-25(3)22-39)32-35-29-19-26(13-14-30(29)37(32)6)23-38-17-15-33(16-18-38,36(4)5)27-11-9-12-28(20-27)40-7/h9,11-14,19-20,24-25,31,34H,8,10,15-18,21-23H2,1-7H3/t24-,25+,31?. The van der Waals surface area contributed by atoms with E-state index < -0.39 is 0 Å². The second-order valence-corrected chi connectivity index (χ2v) is 12.5. The van der Waals surface area contributed by atoms with Crippen LogP contribution in [0.15, 0.2) is 42.5 Å². The van der Waals surface area contributed by atoms with E-state index >= 15 is 0 Å². The Morgan fingerprint density at radius 3 is 2.45 bits per heavy atom. The van der Waals surface area contributed by atoms with Crippen molar-refractivity contribution in [3.63, 3.8) is 0 Å². The van der Waals surface area contributed by atoms with Gasteiger partial charge in [-0.2, -0.15) is 0 Å². The number of aryl methyl sites for hydroxylation is 1. The summed E-state index contributed by atoms with van der Waals surface area (Å²) in [6, 6.07) is 16.9. The summed E-state index contributed by atoms with van der Waals surface area (Å²) in [5.74, 6) is 2.15. The van der Waals surface area contributed by atoms with Crippen molar-refractivity contribution in [3.8, 4) is 5.75 Å². The molecule has 3 heterocycles. The molecule has 40 heavy (non-hydrogen) atoms. The number of nitrogens with one attached hydrogen (secondary N) is 1. The summed E-state index contributed by atoms with van der Waals surface area (Å²) in [5, 5.41) is 3.69. The van der Waals surface area contributed by atoms with Crippen LogP contribution in [-0.2, 0) is 19.1 Å². The molecule has 7 nitrogen and oxygen atoms in total. The van der Waals surface area contributed by atoms with Gasteiger partial charge in [0.2, 0.25) is 0 Å². The molecule has 7 heteroatoms. The smallest absolute Gasteiger partial charge is 0.127 e. The maximum Gasteiger partial charge on any atom is 0.127 e. The number of methoxy groups -OCH3 is 1. The zero-order valence-electron chi connectivity index (χ0n) is 25.8. The van der Waals surface area contributed by atoms with Crippen LogP contribution in [0.2, 0.25) is 0 Å². The van der Waals surface area contributed by atoms with E-state index in [2.05, 4.69) is 103 Å². The summed E-state index contributed by atoms with van der Waals surface area (Å²) in [6.45, 7) is 12.1. The van der Waals surface area contributed by atoms with Gasteiger partial charge in [-0.3, -0.25) is 14.7 Å². The summed E-state index contributed by atoms with van der Waals surface area (Å²) >= 11 is 0. The molecule has 1 aromatic heterocycles. The second kappa shape index (κ2) is 12.2. The van der Waals surface area contributed by atoms with Crippen LogP contribution in [-0.4, -0.2) is 83.7 Å². The molecule has 218 valence electrons. The van der Waals surface area contributed by atoms with Gasteiger partial charge in [-0.15, -0.1) is 0 Å². The van der Waals surface area contributed by atoms with Crippen molar-refractivity contribution in [2.45, 2.75) is 76.7 Å². The lowest BCUT2D eigenvalue weighted by Crippen LogP contribution is -2.55. The molecular formula is C33H50N6O. The second-order valence-electron chi connectivity index (χ2n) is 12.5. The lowest BCUT2D eigenvalue weighted by molar-refractivity contribution is 0.0506. The number of hydrogen-bond acceptors (Lipinski definition) is 6. The van der Waals surface area contributed by atoms with Gasteiger partial charge in [0.15, 0.2) is 0 Å². The number of benzene rings is 2. The van der Waals surface area contributed by atoms with Crippen LogP contribution in [0.5, 0.6) is 5.75 Å². The van der Waals surface area contributed by atoms with E-state index in [4.69, 9.17) is 9.72 Å². The minimum absolute atomic E-state index is 0.0398. The molecule has 2 fully saturated rings. The molecule has 1 N–H and O–H groups in total. The molecule has 2 aromatic carbocycles. The van der Waals surface area contributed by atoms with Gasteiger partial charge in [-0.05, 0) is 82.6 Å². The number of fused-ring (bicyclic) bond motifs is 1. The largest absolute Gasteiger partial charge is 0.497 e. The monoisotopic (exact) mass is 546 g/mol. The number of rotatable bonds is 9. The van der Waals surface area contributed by atoms with Crippen LogP contribution in [0, 0.1) is 0 Å². The molecule has 2 aliphatic rings. The van der Waals surface area contributed by atoms with Gasteiger partial charge in [-0.25, -0.2) is 4.98 Å². The summed E-state index contributed by atoms with van der Waals surface area (Å²) in [7, 11) is 8.39. The first-order chi connectivity index (χ1) is 19.2. The molecule has 0 bridgehead atoms. The highest BCUT2D eigenvalue weighted by atomic mass is 16.5. The fourth-order valence-electron chi connectivity index (χ4n) is 7.28. The third-order valence-corrected chi connectivity index (χ3v) is 9.42. The molecule has 3 aromatic rings. The van der Waals surface area contributed by atoms with E-state index in [9.17, 15) is 0 Å². The van der Waals surface area contributed by atoms with Crippen LogP contribution < -0.4 is 10.1 Å².